The minimum atomic E-state index is -0.982. The molecule has 2 aromatic rings. The number of carbonyl (C=O) groups excluding carboxylic acids is 2. The van der Waals surface area contributed by atoms with Crippen molar-refractivity contribution in [2.45, 2.75) is 79.2 Å². The number of benzene rings is 2. The third-order valence-corrected chi connectivity index (χ3v) is 9.23. The van der Waals surface area contributed by atoms with Crippen LogP contribution in [0, 0.1) is 10.8 Å². The number of Topliss-reactive ketones (excluding diaryl/α,β-unsaturated/α-hetero) is 2. The van der Waals surface area contributed by atoms with Crippen LogP contribution in [-0.4, -0.2) is 41.2 Å². The van der Waals surface area contributed by atoms with Crippen molar-refractivity contribution in [2.75, 3.05) is 13.7 Å². The maximum atomic E-state index is 14.0. The lowest BCUT2D eigenvalue weighted by atomic mass is 9.63. The summed E-state index contributed by atoms with van der Waals surface area (Å²) in [6.07, 6.45) is 3.33. The summed E-state index contributed by atoms with van der Waals surface area (Å²) in [6, 6.07) is 10.4. The van der Waals surface area contributed by atoms with E-state index in [2.05, 4.69) is 55.4 Å². The van der Waals surface area contributed by atoms with E-state index >= 15 is 0 Å². The van der Waals surface area contributed by atoms with Crippen molar-refractivity contribution in [2.24, 2.45) is 10.8 Å². The first kappa shape index (κ1) is 31.0. The van der Waals surface area contributed by atoms with Crippen LogP contribution in [0.5, 0.6) is 11.5 Å². The zero-order valence-electron chi connectivity index (χ0n) is 25.8. The molecule has 0 amide bonds. The minimum Gasteiger partial charge on any atom is -0.493 e. The van der Waals surface area contributed by atoms with Gasteiger partial charge in [-0.1, -0.05) is 46.8 Å². The van der Waals surface area contributed by atoms with Gasteiger partial charge in [0.05, 0.1) is 17.1 Å². The molecule has 7 nitrogen and oxygen atoms in total. The first-order valence-corrected chi connectivity index (χ1v) is 15.7. The van der Waals surface area contributed by atoms with Crippen LogP contribution >= 0.6 is 15.9 Å². The van der Waals surface area contributed by atoms with Crippen molar-refractivity contribution in [3.05, 3.63) is 80.1 Å². The molecule has 0 fully saturated rings. The van der Waals surface area contributed by atoms with Crippen LogP contribution in [-0.2, 0) is 16.2 Å². The molecular weight excluding hydrogens is 610 g/mol. The van der Waals surface area contributed by atoms with Crippen molar-refractivity contribution in [3.8, 4) is 11.5 Å². The van der Waals surface area contributed by atoms with E-state index in [1.807, 2.05) is 12.1 Å². The topological polar surface area (TPSA) is 93.1 Å². The Morgan fingerprint density at radius 1 is 0.953 bits per heavy atom. The number of ether oxygens (including phenoxy) is 2. The Labute approximate surface area is 262 Å². The Bertz CT molecular complexity index is 1490. The first-order chi connectivity index (χ1) is 20.2. The second-order valence-electron chi connectivity index (χ2n) is 13.5. The van der Waals surface area contributed by atoms with E-state index < -0.39 is 11.9 Å². The first-order valence-electron chi connectivity index (χ1n) is 14.9. The quantitative estimate of drug-likeness (QED) is 0.311. The summed E-state index contributed by atoms with van der Waals surface area (Å²) in [5.41, 5.74) is 5.08. The number of hydrogen-bond acceptors (Lipinski definition) is 6. The lowest BCUT2D eigenvalue weighted by Gasteiger charge is -2.49. The fourth-order valence-electron chi connectivity index (χ4n) is 6.82. The van der Waals surface area contributed by atoms with Gasteiger partial charge in [0.1, 0.15) is 6.61 Å². The highest BCUT2D eigenvalue weighted by atomic mass is 79.9. The number of halogens is 1. The fourth-order valence-corrected chi connectivity index (χ4v) is 7.39. The highest BCUT2D eigenvalue weighted by Crippen LogP contribution is 2.55. The molecule has 43 heavy (non-hydrogen) atoms. The van der Waals surface area contributed by atoms with E-state index in [4.69, 9.17) is 9.47 Å². The van der Waals surface area contributed by atoms with Gasteiger partial charge in [-0.25, -0.2) is 4.79 Å². The molecular formula is C35H40BrNO6. The number of carboxylic acid groups (broad SMARTS) is 1. The van der Waals surface area contributed by atoms with Gasteiger partial charge in [-0.05, 0) is 81.4 Å². The monoisotopic (exact) mass is 649 g/mol. The van der Waals surface area contributed by atoms with Gasteiger partial charge in [0, 0.05) is 47.8 Å². The molecule has 0 atom stereocenters. The standard InChI is InChI=1S/C35H40BrNO6/c1-7-12-37-24-15-34(2,3)17-26(38)30(24)29(31-25(37)16-35(4,5)18-27(31)39)22-13-23(36)32(28(14-22)42-6)43-19-20-8-10-21(11-9-20)33(40)41/h8-11,13-14,29H,7,12,15-19H2,1-6H3,(H,40,41). The summed E-state index contributed by atoms with van der Waals surface area (Å²) in [5, 5.41) is 9.19. The van der Waals surface area contributed by atoms with E-state index in [-0.39, 0.29) is 34.6 Å². The second kappa shape index (κ2) is 11.6. The number of carboxylic acids is 1. The van der Waals surface area contributed by atoms with Gasteiger partial charge >= 0.3 is 5.97 Å². The molecule has 2 aliphatic carbocycles. The van der Waals surface area contributed by atoms with E-state index in [1.165, 1.54) is 0 Å². The molecule has 5 rings (SSSR count). The largest absolute Gasteiger partial charge is 0.493 e. The normalized spacial score (nSPS) is 19.7. The number of hydrogen-bond donors (Lipinski definition) is 1. The van der Waals surface area contributed by atoms with Crippen LogP contribution in [0.15, 0.2) is 63.4 Å². The van der Waals surface area contributed by atoms with Gasteiger partial charge < -0.3 is 19.5 Å². The number of ketones is 2. The van der Waals surface area contributed by atoms with E-state index in [9.17, 15) is 19.5 Å². The molecule has 0 saturated heterocycles. The van der Waals surface area contributed by atoms with Gasteiger partial charge in [-0.2, -0.15) is 0 Å². The number of nitrogens with zero attached hydrogens (tertiary/aromatic N) is 1. The summed E-state index contributed by atoms with van der Waals surface area (Å²) < 4.78 is 12.6. The van der Waals surface area contributed by atoms with Gasteiger partial charge in [-0.15, -0.1) is 0 Å². The van der Waals surface area contributed by atoms with Gasteiger partial charge in [0.2, 0.25) is 0 Å². The van der Waals surface area contributed by atoms with Crippen molar-refractivity contribution < 1.29 is 29.0 Å². The molecule has 0 radical (unpaired) electrons. The summed E-state index contributed by atoms with van der Waals surface area (Å²) in [7, 11) is 1.57. The molecule has 2 aromatic carbocycles. The molecule has 0 unspecified atom stereocenters. The van der Waals surface area contributed by atoms with Crippen LogP contribution in [0.1, 0.15) is 94.1 Å². The van der Waals surface area contributed by atoms with Crippen molar-refractivity contribution >= 4 is 33.5 Å². The molecule has 0 bridgehead atoms. The third kappa shape index (κ3) is 6.03. The molecule has 228 valence electrons. The molecule has 8 heteroatoms. The highest BCUT2D eigenvalue weighted by molar-refractivity contribution is 9.10. The van der Waals surface area contributed by atoms with Crippen LogP contribution in [0.25, 0.3) is 0 Å². The molecule has 0 saturated carbocycles. The molecule has 0 aromatic heterocycles. The van der Waals surface area contributed by atoms with Crippen LogP contribution < -0.4 is 9.47 Å². The summed E-state index contributed by atoms with van der Waals surface area (Å²) >= 11 is 3.69. The Kier molecular flexibility index (Phi) is 8.38. The number of carbonyl (C=O) groups is 3. The lowest BCUT2D eigenvalue weighted by molar-refractivity contribution is -0.119. The number of methoxy groups -OCH3 is 1. The lowest BCUT2D eigenvalue weighted by Crippen LogP contribution is -2.44. The Hall–Kier alpha value is -3.39. The Morgan fingerprint density at radius 3 is 2.00 bits per heavy atom. The van der Waals surface area contributed by atoms with E-state index in [1.54, 1.807) is 31.4 Å². The number of allylic oxidation sites excluding steroid dienone is 4. The molecule has 1 heterocycles. The minimum absolute atomic E-state index is 0.0989. The smallest absolute Gasteiger partial charge is 0.335 e. The molecule has 1 aliphatic heterocycles. The Morgan fingerprint density at radius 2 is 1.51 bits per heavy atom. The maximum absolute atomic E-state index is 14.0. The van der Waals surface area contributed by atoms with Crippen LogP contribution in [0.3, 0.4) is 0 Å². The van der Waals surface area contributed by atoms with Crippen molar-refractivity contribution in [1.29, 1.82) is 0 Å². The molecule has 0 spiro atoms. The van der Waals surface area contributed by atoms with Crippen molar-refractivity contribution in [3.63, 3.8) is 0 Å². The number of aromatic carboxylic acids is 1. The summed E-state index contributed by atoms with van der Waals surface area (Å²) in [4.78, 5) is 41.5. The Balaban J connectivity index is 1.61. The van der Waals surface area contributed by atoms with Gasteiger partial charge in [0.15, 0.2) is 23.1 Å². The fraction of sp³-hybridized carbons (Fsp3) is 0.457. The van der Waals surface area contributed by atoms with Gasteiger partial charge in [0.25, 0.3) is 0 Å². The zero-order chi connectivity index (χ0) is 31.3. The summed E-state index contributed by atoms with van der Waals surface area (Å²) in [6.45, 7) is 11.7. The average Bonchev–Trinajstić information content (AvgIpc) is 2.91. The van der Waals surface area contributed by atoms with Crippen LogP contribution in [0.2, 0.25) is 0 Å². The molecule has 1 N–H and O–H groups in total. The van der Waals surface area contributed by atoms with E-state index in [0.717, 1.165) is 59.5 Å². The zero-order valence-corrected chi connectivity index (χ0v) is 27.4. The number of rotatable bonds is 8. The third-order valence-electron chi connectivity index (χ3n) is 8.64. The predicted molar refractivity (Wildman–Crippen MR) is 168 cm³/mol. The average molecular weight is 651 g/mol. The maximum Gasteiger partial charge on any atom is 0.335 e. The summed E-state index contributed by atoms with van der Waals surface area (Å²) in [5.74, 6) is -0.284. The predicted octanol–water partition coefficient (Wildman–Crippen LogP) is 7.83. The molecule has 3 aliphatic rings. The SMILES string of the molecule is CCCN1C2=C(C(=O)CC(C)(C)C2)C(c2cc(Br)c(OCc3ccc(C(=O)O)cc3)c(OC)c2)C2=C1CC(C)(C)CC2=O. The van der Waals surface area contributed by atoms with Gasteiger partial charge in [-0.3, -0.25) is 9.59 Å². The second-order valence-corrected chi connectivity index (χ2v) is 14.4. The van der Waals surface area contributed by atoms with E-state index in [0.29, 0.717) is 28.8 Å². The highest BCUT2D eigenvalue weighted by Gasteiger charge is 2.49. The van der Waals surface area contributed by atoms with Crippen molar-refractivity contribution in [1.82, 2.24) is 4.90 Å². The van der Waals surface area contributed by atoms with Crippen LogP contribution in [0.4, 0.5) is 0 Å².